The van der Waals surface area contributed by atoms with Crippen LogP contribution in [0.4, 0.5) is 4.39 Å². The summed E-state index contributed by atoms with van der Waals surface area (Å²) in [7, 11) is 1.20. The second-order valence-corrected chi connectivity index (χ2v) is 4.39. The van der Waals surface area contributed by atoms with Crippen molar-refractivity contribution in [1.29, 1.82) is 0 Å². The highest BCUT2D eigenvalue weighted by atomic mass is 79.9. The zero-order valence-corrected chi connectivity index (χ0v) is 11.1. The number of carbonyl (C=O) groups is 2. The molecule has 1 aromatic carbocycles. The molecule has 17 heavy (non-hydrogen) atoms. The molecule has 0 spiro atoms. The number of Topliss-reactive ketones (excluding diaryl/α,β-unsaturated/α-hetero) is 1. The van der Waals surface area contributed by atoms with E-state index in [1.54, 1.807) is 13.0 Å². The minimum Gasteiger partial charge on any atom is -0.468 e. The van der Waals surface area contributed by atoms with Gasteiger partial charge >= 0.3 is 5.97 Å². The Labute approximate surface area is 107 Å². The van der Waals surface area contributed by atoms with Crippen LogP contribution < -0.4 is 0 Å². The second kappa shape index (κ2) is 5.91. The van der Waals surface area contributed by atoms with Gasteiger partial charge in [0.15, 0.2) is 5.78 Å². The number of hydrogen-bond acceptors (Lipinski definition) is 3. The van der Waals surface area contributed by atoms with Crippen LogP contribution in [0.25, 0.3) is 0 Å². The molecule has 0 radical (unpaired) electrons. The van der Waals surface area contributed by atoms with Gasteiger partial charge in [-0.25, -0.2) is 4.39 Å². The number of hydrogen-bond donors (Lipinski definition) is 0. The minimum absolute atomic E-state index is 0.0922. The molecule has 0 bridgehead atoms. The fraction of sp³-hybridized carbons (Fsp3) is 0.333. The summed E-state index contributed by atoms with van der Waals surface area (Å²) in [6.45, 7) is 1.68. The number of ketones is 1. The van der Waals surface area contributed by atoms with Crippen LogP contribution in [0, 0.1) is 11.7 Å². The third-order valence-electron chi connectivity index (χ3n) is 2.41. The molecule has 0 N–H and O–H groups in total. The first-order valence-electron chi connectivity index (χ1n) is 5.08. The molecule has 0 aromatic heterocycles. The number of carbonyl (C=O) groups excluding carboxylic acids is 2. The fourth-order valence-electron chi connectivity index (χ4n) is 1.48. The van der Waals surface area contributed by atoms with E-state index in [2.05, 4.69) is 20.7 Å². The van der Waals surface area contributed by atoms with Crippen molar-refractivity contribution in [3.63, 3.8) is 0 Å². The first-order chi connectivity index (χ1) is 8.01. The van der Waals surface area contributed by atoms with Gasteiger partial charge in [-0.15, -0.1) is 0 Å². The number of halogens is 2. The maximum atomic E-state index is 13.6. The zero-order chi connectivity index (χ0) is 13.0. The molecule has 0 amide bonds. The summed E-state index contributed by atoms with van der Waals surface area (Å²) in [6.07, 6.45) is 0.279. The van der Waals surface area contributed by atoms with Gasteiger partial charge in [0, 0.05) is 4.47 Å². The molecule has 92 valence electrons. The number of rotatable bonds is 4. The van der Waals surface area contributed by atoms with E-state index in [0.29, 0.717) is 4.47 Å². The van der Waals surface area contributed by atoms with Crippen LogP contribution in [-0.2, 0) is 9.53 Å². The van der Waals surface area contributed by atoms with E-state index in [0.717, 1.165) is 0 Å². The van der Waals surface area contributed by atoms with Crippen LogP contribution in [0.3, 0.4) is 0 Å². The lowest BCUT2D eigenvalue weighted by molar-refractivity contribution is -0.143. The van der Waals surface area contributed by atoms with Gasteiger partial charge in [-0.05, 0) is 24.6 Å². The van der Waals surface area contributed by atoms with Crippen LogP contribution in [0.2, 0.25) is 0 Å². The number of esters is 1. The molecule has 0 saturated heterocycles. The maximum Gasteiger partial charge on any atom is 0.316 e. The molecule has 0 aliphatic carbocycles. The molecule has 1 unspecified atom stereocenters. The van der Waals surface area contributed by atoms with Crippen LogP contribution in [0.15, 0.2) is 22.7 Å². The highest BCUT2D eigenvalue weighted by Crippen LogP contribution is 2.20. The van der Waals surface area contributed by atoms with Gasteiger partial charge in [0.1, 0.15) is 11.7 Å². The highest BCUT2D eigenvalue weighted by molar-refractivity contribution is 9.10. The Morgan fingerprint density at radius 1 is 1.47 bits per heavy atom. The van der Waals surface area contributed by atoms with E-state index in [4.69, 9.17) is 0 Å². The number of benzene rings is 1. The van der Waals surface area contributed by atoms with E-state index in [-0.39, 0.29) is 12.0 Å². The first-order valence-corrected chi connectivity index (χ1v) is 5.87. The molecule has 5 heteroatoms. The van der Waals surface area contributed by atoms with Crippen LogP contribution in [0.5, 0.6) is 0 Å². The van der Waals surface area contributed by atoms with Gasteiger partial charge in [0.25, 0.3) is 0 Å². The fourth-order valence-corrected chi connectivity index (χ4v) is 1.81. The van der Waals surface area contributed by atoms with E-state index >= 15 is 0 Å². The molecule has 0 aliphatic heterocycles. The topological polar surface area (TPSA) is 43.4 Å². The smallest absolute Gasteiger partial charge is 0.316 e. The molecular weight excluding hydrogens is 291 g/mol. The Bertz CT molecular complexity index is 445. The molecule has 3 nitrogen and oxygen atoms in total. The third-order valence-corrected chi connectivity index (χ3v) is 2.90. The van der Waals surface area contributed by atoms with Gasteiger partial charge in [-0.1, -0.05) is 22.9 Å². The van der Waals surface area contributed by atoms with Crippen molar-refractivity contribution in [2.24, 2.45) is 5.92 Å². The summed E-state index contributed by atoms with van der Waals surface area (Å²) in [6, 6.07) is 4.10. The van der Waals surface area contributed by atoms with Crippen molar-refractivity contribution in [3.8, 4) is 0 Å². The molecule has 0 heterocycles. The van der Waals surface area contributed by atoms with Gasteiger partial charge in [0.05, 0.1) is 12.7 Å². The van der Waals surface area contributed by atoms with Gasteiger partial charge in [-0.2, -0.15) is 0 Å². The Morgan fingerprint density at radius 2 is 2.12 bits per heavy atom. The van der Waals surface area contributed by atoms with Gasteiger partial charge < -0.3 is 4.74 Å². The molecule has 1 atom stereocenters. The van der Waals surface area contributed by atoms with E-state index in [1.165, 1.54) is 19.2 Å². The summed E-state index contributed by atoms with van der Waals surface area (Å²) in [5.74, 6) is -2.79. The van der Waals surface area contributed by atoms with Gasteiger partial charge in [0.2, 0.25) is 0 Å². The Kier molecular flexibility index (Phi) is 4.81. The number of ether oxygens (including phenoxy) is 1. The SMILES string of the molecule is CCC(C(=O)OC)C(=O)c1ccc(Br)cc1F. The van der Waals surface area contributed by atoms with E-state index < -0.39 is 23.5 Å². The highest BCUT2D eigenvalue weighted by Gasteiger charge is 2.28. The minimum atomic E-state index is -0.948. The zero-order valence-electron chi connectivity index (χ0n) is 9.50. The summed E-state index contributed by atoms with van der Waals surface area (Å²) in [5, 5.41) is 0. The van der Waals surface area contributed by atoms with E-state index in [9.17, 15) is 14.0 Å². The largest absolute Gasteiger partial charge is 0.468 e. The van der Waals surface area contributed by atoms with Crippen molar-refractivity contribution in [2.75, 3.05) is 7.11 Å². The van der Waals surface area contributed by atoms with Crippen molar-refractivity contribution >= 4 is 27.7 Å². The predicted molar refractivity (Wildman–Crippen MR) is 64.2 cm³/mol. The Hall–Kier alpha value is -1.23. The van der Waals surface area contributed by atoms with Crippen LogP contribution in [0.1, 0.15) is 23.7 Å². The molecule has 1 aromatic rings. The Morgan fingerprint density at radius 3 is 2.59 bits per heavy atom. The van der Waals surface area contributed by atoms with Crippen molar-refractivity contribution in [2.45, 2.75) is 13.3 Å². The van der Waals surface area contributed by atoms with Crippen LogP contribution >= 0.6 is 15.9 Å². The summed E-state index contributed by atoms with van der Waals surface area (Å²) < 4.78 is 18.6. The average Bonchev–Trinajstić information content (AvgIpc) is 2.29. The quantitative estimate of drug-likeness (QED) is 0.488. The summed E-state index contributed by atoms with van der Waals surface area (Å²) >= 11 is 3.10. The molecule has 0 fully saturated rings. The van der Waals surface area contributed by atoms with Crippen molar-refractivity contribution in [3.05, 3.63) is 34.1 Å². The lowest BCUT2D eigenvalue weighted by Gasteiger charge is -2.11. The molecule has 0 aliphatic rings. The second-order valence-electron chi connectivity index (χ2n) is 3.47. The van der Waals surface area contributed by atoms with E-state index in [1.807, 2.05) is 0 Å². The first kappa shape index (κ1) is 13.8. The van der Waals surface area contributed by atoms with Crippen molar-refractivity contribution < 1.29 is 18.7 Å². The monoisotopic (exact) mass is 302 g/mol. The maximum absolute atomic E-state index is 13.6. The standard InChI is InChI=1S/C12H12BrFO3/c1-3-8(12(16)17-2)11(15)9-5-4-7(13)6-10(9)14/h4-6,8H,3H2,1-2H3. The third kappa shape index (κ3) is 3.12. The lowest BCUT2D eigenvalue weighted by atomic mass is 9.95. The normalized spacial score (nSPS) is 12.0. The lowest BCUT2D eigenvalue weighted by Crippen LogP contribution is -2.25. The summed E-state index contributed by atoms with van der Waals surface area (Å²) in [4.78, 5) is 23.3. The molecule has 1 rings (SSSR count). The average molecular weight is 303 g/mol. The Balaban J connectivity index is 3.06. The van der Waals surface area contributed by atoms with Gasteiger partial charge in [-0.3, -0.25) is 9.59 Å². The predicted octanol–water partition coefficient (Wildman–Crippen LogP) is 2.97. The molecule has 0 saturated carbocycles. The van der Waals surface area contributed by atoms with Crippen molar-refractivity contribution in [1.82, 2.24) is 0 Å². The number of methoxy groups -OCH3 is 1. The summed E-state index contributed by atoms with van der Waals surface area (Å²) in [5.41, 5.74) is -0.0922. The molecular formula is C12H12BrFO3. The van der Waals surface area contributed by atoms with Crippen LogP contribution in [-0.4, -0.2) is 18.9 Å².